The van der Waals surface area contributed by atoms with Crippen molar-refractivity contribution in [1.82, 2.24) is 0 Å². The summed E-state index contributed by atoms with van der Waals surface area (Å²) in [5.41, 5.74) is 0. The van der Waals surface area contributed by atoms with Gasteiger partial charge in [0.1, 0.15) is 0 Å². The van der Waals surface area contributed by atoms with Crippen molar-refractivity contribution in [3.63, 3.8) is 0 Å². The summed E-state index contributed by atoms with van der Waals surface area (Å²) in [5.74, 6) is 0. The van der Waals surface area contributed by atoms with Gasteiger partial charge in [-0.05, 0) is 0 Å². The summed E-state index contributed by atoms with van der Waals surface area (Å²) in [6, 6.07) is 0. The Morgan fingerprint density at radius 3 is 0.714 bits per heavy atom. The fraction of sp³-hybridized carbons (Fsp3) is 0. The zero-order valence-corrected chi connectivity index (χ0v) is 6.18. The van der Waals surface area contributed by atoms with Gasteiger partial charge >= 0.3 is 67.0 Å². The molecule has 7 heavy (non-hydrogen) atoms. The van der Waals surface area contributed by atoms with Gasteiger partial charge in [-0.1, -0.05) is 0 Å². The molecule has 0 amide bonds. The zero-order valence-electron chi connectivity index (χ0n) is 2.74. The Morgan fingerprint density at radius 1 is 0.714 bits per heavy atom. The second-order valence-electron chi connectivity index (χ2n) is 0.500. The molecule has 50 valence electrons. The Kier molecular flexibility index (Phi) is 13.0. The molecule has 4 nitrogen and oxygen atoms in total. The molecule has 0 aliphatic rings. The molecule has 0 aromatic heterocycles. The monoisotopic (exact) mass is 238 g/mol. The maximum atomic E-state index is 8.62. The molecule has 0 N–H and O–H groups in total. The van der Waals surface area contributed by atoms with E-state index in [2.05, 4.69) is 0 Å². The van der Waals surface area contributed by atoms with E-state index in [0.717, 1.165) is 0 Å². The number of rotatable bonds is 0. The van der Waals surface area contributed by atoms with Crippen molar-refractivity contribution in [3.05, 3.63) is 0 Å². The second-order valence-corrected chi connectivity index (χ2v) is 2.06. The van der Waals surface area contributed by atoms with Crippen LogP contribution in [0.2, 0.25) is 0 Å². The second kappa shape index (κ2) is 5.72. The fourth-order valence-corrected chi connectivity index (χ4v) is 0. The minimum atomic E-state index is -6.00. The summed E-state index contributed by atoms with van der Waals surface area (Å²) in [4.78, 5) is 0. The van der Waals surface area contributed by atoms with E-state index in [1.54, 1.807) is 0 Å². The van der Waals surface area contributed by atoms with Crippen LogP contribution in [0.4, 0.5) is 0 Å². The predicted octanol–water partition coefficient (Wildman–Crippen LogP) is -4.76. The molecular formula is Cu2O4Ti. The molecular weight excluding hydrogens is 239 g/mol. The Hall–Kier alpha value is 1.59. The van der Waals surface area contributed by atoms with Crippen molar-refractivity contribution < 1.29 is 67.0 Å². The molecule has 0 aliphatic heterocycles. The van der Waals surface area contributed by atoms with Crippen LogP contribution < -0.4 is 14.8 Å². The normalized spacial score (nSPS) is 8.57. The molecule has 0 rings (SSSR count). The van der Waals surface area contributed by atoms with Crippen LogP contribution in [0.15, 0.2) is 0 Å². The van der Waals surface area contributed by atoms with Crippen LogP contribution in [0.1, 0.15) is 0 Å². The summed E-state index contributed by atoms with van der Waals surface area (Å²) in [6.45, 7) is 0. The molecule has 2 radical (unpaired) electrons. The molecule has 0 saturated heterocycles. The minimum absolute atomic E-state index is 0. The van der Waals surface area contributed by atoms with Crippen molar-refractivity contribution in [2.24, 2.45) is 0 Å². The molecule has 0 spiro atoms. The van der Waals surface area contributed by atoms with Crippen LogP contribution in [-0.2, 0) is 52.3 Å². The van der Waals surface area contributed by atoms with Crippen molar-refractivity contribution in [2.75, 3.05) is 0 Å². The van der Waals surface area contributed by atoms with Gasteiger partial charge in [0.15, 0.2) is 0 Å². The summed E-state index contributed by atoms with van der Waals surface area (Å²) in [6.07, 6.45) is 0. The van der Waals surface area contributed by atoms with Gasteiger partial charge in [0, 0.05) is 0 Å². The summed E-state index contributed by atoms with van der Waals surface area (Å²) in [5, 5.41) is 0. The van der Waals surface area contributed by atoms with E-state index in [0.29, 0.717) is 0 Å². The Balaban J connectivity index is -0.0000000800. The molecule has 0 fully saturated rings. The van der Waals surface area contributed by atoms with Gasteiger partial charge in [0.05, 0.1) is 0 Å². The van der Waals surface area contributed by atoms with E-state index in [1.807, 2.05) is 0 Å². The Labute approximate surface area is 66.8 Å². The quantitative estimate of drug-likeness (QED) is 0.396. The van der Waals surface area contributed by atoms with Crippen molar-refractivity contribution in [2.45, 2.75) is 0 Å². The van der Waals surface area contributed by atoms with Crippen LogP contribution in [0.25, 0.3) is 0 Å². The molecule has 0 bridgehead atoms. The van der Waals surface area contributed by atoms with Gasteiger partial charge in [0.2, 0.25) is 0 Å². The predicted molar refractivity (Wildman–Crippen MR) is 0 cm³/mol. The zero-order chi connectivity index (χ0) is 4.50. The van der Waals surface area contributed by atoms with Gasteiger partial charge in [0.25, 0.3) is 0 Å². The van der Waals surface area contributed by atoms with Crippen LogP contribution in [0.3, 0.4) is 0 Å². The molecule has 0 unspecified atom stereocenters. The van der Waals surface area contributed by atoms with E-state index >= 15 is 0 Å². The van der Waals surface area contributed by atoms with E-state index in [1.165, 1.54) is 0 Å². The van der Waals surface area contributed by atoms with Gasteiger partial charge in [-0.3, -0.25) is 0 Å². The third-order valence-electron chi connectivity index (χ3n) is 0. The van der Waals surface area contributed by atoms with E-state index < -0.39 is 18.1 Å². The van der Waals surface area contributed by atoms with E-state index in [4.69, 9.17) is 14.8 Å². The summed E-state index contributed by atoms with van der Waals surface area (Å²) in [7, 11) is 0. The number of hydrogen-bond acceptors (Lipinski definition) is 4. The molecule has 0 aromatic rings. The molecule has 0 atom stereocenters. The Morgan fingerprint density at radius 2 is 0.714 bits per heavy atom. The molecule has 0 aliphatic carbocycles. The molecule has 7 heteroatoms. The van der Waals surface area contributed by atoms with Crippen molar-refractivity contribution >= 4 is 0 Å². The van der Waals surface area contributed by atoms with Crippen molar-refractivity contribution in [3.8, 4) is 0 Å². The standard InChI is InChI=1S/2Cu.4O.Ti/q2*+2;4*-1;. The topological polar surface area (TPSA) is 92.2 Å². The van der Waals surface area contributed by atoms with E-state index in [9.17, 15) is 0 Å². The maximum absolute atomic E-state index is 8.62. The first-order valence-electron chi connectivity index (χ1n) is 0.816. The van der Waals surface area contributed by atoms with Gasteiger partial charge < -0.3 is 0 Å². The van der Waals surface area contributed by atoms with Crippen LogP contribution in [-0.4, -0.2) is 0 Å². The Bertz CT molecular complexity index is 25.2. The first-order chi connectivity index (χ1) is 2.00. The van der Waals surface area contributed by atoms with Crippen molar-refractivity contribution in [1.29, 1.82) is 0 Å². The molecule has 0 saturated carbocycles. The molecule has 0 aromatic carbocycles. The fourth-order valence-electron chi connectivity index (χ4n) is 0. The van der Waals surface area contributed by atoms with Crippen LogP contribution in [0.5, 0.6) is 0 Å². The SMILES string of the molecule is [Cu+2].[Cu+2].[O-][Ti]([O-])([O-])[O-]. The number of hydrogen-bond donors (Lipinski definition) is 0. The first-order valence-corrected chi connectivity index (χ1v) is 3.37. The third-order valence-corrected chi connectivity index (χ3v) is 0. The summed E-state index contributed by atoms with van der Waals surface area (Å²) < 4.78 is 34.5. The summed E-state index contributed by atoms with van der Waals surface area (Å²) >= 11 is -6.00. The van der Waals surface area contributed by atoms with Gasteiger partial charge in [-0.2, -0.15) is 0 Å². The van der Waals surface area contributed by atoms with Gasteiger partial charge in [-0.25, -0.2) is 0 Å². The van der Waals surface area contributed by atoms with Crippen LogP contribution in [0, 0.1) is 0 Å². The first kappa shape index (κ1) is 15.8. The molecule has 0 heterocycles. The average molecular weight is 239 g/mol. The van der Waals surface area contributed by atoms with E-state index in [-0.39, 0.29) is 34.1 Å². The van der Waals surface area contributed by atoms with Gasteiger partial charge in [-0.15, -0.1) is 0 Å². The van der Waals surface area contributed by atoms with Crippen LogP contribution >= 0.6 is 0 Å². The average Bonchev–Trinajstić information content (AvgIpc) is 0.722. The third kappa shape index (κ3) is 93.6.